The molecular formula is C4H9N3O2S. The minimum Gasteiger partial charge on any atom is -0.485 e. The second-order valence-corrected chi connectivity index (χ2v) is 3.55. The van der Waals surface area contributed by atoms with E-state index in [-0.39, 0.29) is 6.73 Å². The second-order valence-electron chi connectivity index (χ2n) is 1.90. The first-order valence-corrected chi connectivity index (χ1v) is 4.27. The highest BCUT2D eigenvalue weighted by atomic mass is 32.2. The summed E-state index contributed by atoms with van der Waals surface area (Å²) in [6.45, 7) is 0.550. The molecule has 1 rings (SSSR count). The molecule has 0 fully saturated rings. The molecule has 0 saturated carbocycles. The van der Waals surface area contributed by atoms with Gasteiger partial charge >= 0.3 is 0 Å². The molecule has 1 aliphatic heterocycles. The minimum atomic E-state index is -3.07. The maximum absolute atomic E-state index is 10.8. The van der Waals surface area contributed by atoms with Gasteiger partial charge in [-0.1, -0.05) is 0 Å². The van der Waals surface area contributed by atoms with Crippen LogP contribution < -0.4 is 5.14 Å². The Hall–Kier alpha value is -0.590. The Bertz CT molecular complexity index is 233. The lowest BCUT2D eigenvalue weighted by Gasteiger charge is -2.21. The maximum atomic E-state index is 10.8. The first kappa shape index (κ1) is 7.52. The fraction of sp³-hybridized carbons (Fsp3) is 0.500. The van der Waals surface area contributed by atoms with Crippen LogP contribution in [0.15, 0.2) is 12.3 Å². The molecule has 0 aliphatic carbocycles. The summed E-state index contributed by atoms with van der Waals surface area (Å²) in [6, 6.07) is 0. The molecule has 0 spiro atoms. The molecular weight excluding hydrogens is 154 g/mol. The minimum absolute atomic E-state index is 0.134. The van der Waals surface area contributed by atoms with Crippen molar-refractivity contribution in [3.63, 3.8) is 0 Å². The molecule has 0 saturated heterocycles. The number of nitrogens with zero attached hydrogens (tertiary/aromatic N) is 1. The molecule has 58 valence electrons. The molecule has 1 heterocycles. The summed E-state index contributed by atoms with van der Waals surface area (Å²) in [5, 5.41) is 5.02. The zero-order valence-electron chi connectivity index (χ0n) is 5.32. The Labute approximate surface area is 59.7 Å². The highest BCUT2D eigenvalue weighted by molar-refractivity contribution is 7.87. The van der Waals surface area contributed by atoms with Gasteiger partial charge in [-0.05, 0) is 6.08 Å². The average Bonchev–Trinajstić information content (AvgIpc) is 1.88. The van der Waals surface area contributed by atoms with Crippen molar-refractivity contribution in [2.24, 2.45) is 5.14 Å². The molecule has 0 aromatic rings. The van der Waals surface area contributed by atoms with Gasteiger partial charge in [-0.15, -0.1) is 0 Å². The van der Waals surface area contributed by atoms with Crippen LogP contribution in [-0.2, 0) is 14.8 Å². The predicted octanol–water partition coefficient (Wildman–Crippen LogP) is -0.375. The summed E-state index contributed by atoms with van der Waals surface area (Å²) >= 11 is 0. The molecule has 0 aromatic carbocycles. The Morgan fingerprint density at radius 1 is 1.80 bits per heavy atom. The van der Waals surface area contributed by atoms with Gasteiger partial charge in [0.2, 0.25) is 0 Å². The quantitative estimate of drug-likeness (QED) is 0.553. The van der Waals surface area contributed by atoms with Crippen molar-refractivity contribution in [1.82, 2.24) is 4.31 Å². The Morgan fingerprint density at radius 2 is 2.50 bits per heavy atom. The zero-order chi connectivity index (χ0) is 7.61. The summed E-state index contributed by atoms with van der Waals surface area (Å²) in [5.41, 5.74) is 0. The Balaban J connectivity index is 2.67. The molecule has 1 atom stereocenters. The second kappa shape index (κ2) is 2.57. The van der Waals surface area contributed by atoms with E-state index in [4.69, 9.17) is 14.7 Å². The standard InChI is InChI=1S/C4H9N3O2S/c5-10(6,8)7-2-1-3-9-4-7/h1,3H,2,4H2,(H3,5,6,8). The van der Waals surface area contributed by atoms with Gasteiger partial charge in [0.1, 0.15) is 0 Å². The average molecular weight is 163 g/mol. The molecule has 5 nitrogen and oxygen atoms in total. The molecule has 3 N–H and O–H groups in total. The van der Waals surface area contributed by atoms with Gasteiger partial charge in [0.25, 0.3) is 0 Å². The fourth-order valence-corrected chi connectivity index (χ4v) is 1.12. The summed E-state index contributed by atoms with van der Waals surface area (Å²) in [5.74, 6) is 0. The topological polar surface area (TPSA) is 79.4 Å². The number of nitrogens with one attached hydrogen (secondary N) is 1. The normalized spacial score (nSPS) is 25.3. The fourth-order valence-electron chi connectivity index (χ4n) is 0.597. The van der Waals surface area contributed by atoms with Crippen molar-refractivity contribution in [3.8, 4) is 0 Å². The van der Waals surface area contributed by atoms with Crippen LogP contribution in [0.5, 0.6) is 0 Å². The molecule has 0 amide bonds. The van der Waals surface area contributed by atoms with E-state index in [0.29, 0.717) is 6.54 Å². The lowest BCUT2D eigenvalue weighted by molar-refractivity contribution is 0.146. The largest absolute Gasteiger partial charge is 0.485 e. The van der Waals surface area contributed by atoms with E-state index in [1.54, 1.807) is 6.08 Å². The van der Waals surface area contributed by atoms with Crippen molar-refractivity contribution in [1.29, 1.82) is 4.78 Å². The van der Waals surface area contributed by atoms with Crippen LogP contribution in [-0.4, -0.2) is 21.8 Å². The molecule has 10 heavy (non-hydrogen) atoms. The first-order valence-electron chi connectivity index (χ1n) is 2.69. The number of hydrogen-bond donors (Lipinski definition) is 2. The molecule has 0 aromatic heterocycles. The lowest BCUT2D eigenvalue weighted by atomic mass is 10.6. The first-order chi connectivity index (χ1) is 4.61. The third-order valence-electron chi connectivity index (χ3n) is 1.10. The maximum Gasteiger partial charge on any atom is 0.173 e. The number of hydrogen-bond acceptors (Lipinski definition) is 3. The van der Waals surface area contributed by atoms with E-state index in [9.17, 15) is 4.21 Å². The van der Waals surface area contributed by atoms with Gasteiger partial charge in [0.15, 0.2) is 16.8 Å². The molecule has 6 heteroatoms. The van der Waals surface area contributed by atoms with Crippen molar-refractivity contribution in [2.75, 3.05) is 13.3 Å². The van der Waals surface area contributed by atoms with E-state index in [1.807, 2.05) is 0 Å². The van der Waals surface area contributed by atoms with E-state index < -0.39 is 10.1 Å². The van der Waals surface area contributed by atoms with Crippen LogP contribution in [0.3, 0.4) is 0 Å². The van der Waals surface area contributed by atoms with Gasteiger partial charge in [-0.3, -0.25) is 0 Å². The van der Waals surface area contributed by atoms with Gasteiger partial charge in [0, 0.05) is 6.54 Å². The van der Waals surface area contributed by atoms with Gasteiger partial charge in [-0.2, -0.15) is 4.31 Å². The lowest BCUT2D eigenvalue weighted by Crippen LogP contribution is -2.38. The summed E-state index contributed by atoms with van der Waals surface area (Å²) < 4.78 is 23.8. The highest BCUT2D eigenvalue weighted by Crippen LogP contribution is 2.01. The Kier molecular flexibility index (Phi) is 1.93. The summed E-state index contributed by atoms with van der Waals surface area (Å²) in [6.07, 6.45) is 3.16. The predicted molar refractivity (Wildman–Crippen MR) is 36.8 cm³/mol. The van der Waals surface area contributed by atoms with Crippen LogP contribution in [0.2, 0.25) is 0 Å². The van der Waals surface area contributed by atoms with E-state index in [1.165, 1.54) is 10.6 Å². The van der Waals surface area contributed by atoms with Crippen molar-refractivity contribution in [3.05, 3.63) is 12.3 Å². The van der Waals surface area contributed by atoms with Crippen molar-refractivity contribution >= 4 is 10.1 Å². The molecule has 0 bridgehead atoms. The van der Waals surface area contributed by atoms with Crippen LogP contribution in [0.25, 0.3) is 0 Å². The smallest absolute Gasteiger partial charge is 0.173 e. The van der Waals surface area contributed by atoms with Gasteiger partial charge < -0.3 is 4.74 Å². The van der Waals surface area contributed by atoms with E-state index >= 15 is 0 Å². The van der Waals surface area contributed by atoms with Crippen LogP contribution >= 0.6 is 0 Å². The van der Waals surface area contributed by atoms with Crippen LogP contribution in [0, 0.1) is 4.78 Å². The number of nitrogens with two attached hydrogens (primary N) is 1. The van der Waals surface area contributed by atoms with Crippen molar-refractivity contribution in [2.45, 2.75) is 0 Å². The molecule has 1 unspecified atom stereocenters. The SMILES string of the molecule is N=S(N)(=O)N1CC=COC1. The van der Waals surface area contributed by atoms with E-state index in [0.717, 1.165) is 0 Å². The third kappa shape index (κ3) is 1.69. The number of rotatable bonds is 1. The monoisotopic (exact) mass is 163 g/mol. The summed E-state index contributed by atoms with van der Waals surface area (Å²) in [7, 11) is -3.07. The zero-order valence-corrected chi connectivity index (χ0v) is 6.13. The molecule has 0 radical (unpaired) electrons. The van der Waals surface area contributed by atoms with Crippen molar-refractivity contribution < 1.29 is 8.95 Å². The summed E-state index contributed by atoms with van der Waals surface area (Å²) in [4.78, 5) is 0. The number of ether oxygens (including phenoxy) is 1. The van der Waals surface area contributed by atoms with Gasteiger partial charge in [-0.25, -0.2) is 14.1 Å². The van der Waals surface area contributed by atoms with Gasteiger partial charge in [0.05, 0.1) is 6.26 Å². The highest BCUT2D eigenvalue weighted by Gasteiger charge is 2.13. The van der Waals surface area contributed by atoms with Crippen LogP contribution in [0.1, 0.15) is 0 Å². The third-order valence-corrected chi connectivity index (χ3v) is 2.13. The van der Waals surface area contributed by atoms with E-state index in [2.05, 4.69) is 0 Å². The molecule has 1 aliphatic rings. The Morgan fingerprint density at radius 3 is 2.80 bits per heavy atom. The van der Waals surface area contributed by atoms with Crippen LogP contribution in [0.4, 0.5) is 0 Å².